The van der Waals surface area contributed by atoms with Gasteiger partial charge < -0.3 is 29.8 Å². The van der Waals surface area contributed by atoms with Gasteiger partial charge in [-0.3, -0.25) is 9.59 Å². The zero-order valence-electron chi connectivity index (χ0n) is 22.7. The Kier molecular flexibility index (Phi) is 8.86. The number of hydrogen-bond donors (Lipinski definition) is 3. The van der Waals surface area contributed by atoms with Gasteiger partial charge in [0, 0.05) is 55.5 Å². The average molecular weight is 574 g/mol. The second-order valence-corrected chi connectivity index (χ2v) is 9.10. The maximum atomic E-state index is 14.2. The molecule has 0 bridgehead atoms. The molecule has 0 aliphatic rings. The van der Waals surface area contributed by atoms with Gasteiger partial charge in [-0.15, -0.1) is 0 Å². The summed E-state index contributed by atoms with van der Waals surface area (Å²) in [6, 6.07) is 9.88. The van der Waals surface area contributed by atoms with Crippen LogP contribution < -0.4 is 25.7 Å². The summed E-state index contributed by atoms with van der Waals surface area (Å²) in [5.41, 5.74) is -1.29. The number of rotatable bonds is 11. The number of alkyl halides is 3. The van der Waals surface area contributed by atoms with E-state index in [0.717, 1.165) is 10.7 Å². The first-order valence-corrected chi connectivity index (χ1v) is 12.7. The van der Waals surface area contributed by atoms with E-state index in [0.29, 0.717) is 41.1 Å². The summed E-state index contributed by atoms with van der Waals surface area (Å²) in [6.45, 7) is 0.0631. The lowest BCUT2D eigenvalue weighted by atomic mass is 10.1. The number of carbonyl (C=O) groups is 1. The minimum absolute atomic E-state index is 0.0443. The van der Waals surface area contributed by atoms with E-state index in [1.165, 1.54) is 38.0 Å². The molecule has 4 aromatic rings. The lowest BCUT2D eigenvalue weighted by Crippen LogP contribution is -2.26. The molecule has 218 valence electrons. The third-order valence-corrected chi connectivity index (χ3v) is 6.50. The van der Waals surface area contributed by atoms with Crippen LogP contribution in [0.4, 0.5) is 18.9 Å². The van der Waals surface area contributed by atoms with Crippen LogP contribution in [0, 0.1) is 0 Å². The number of benzene rings is 2. The molecule has 4 rings (SSSR count). The van der Waals surface area contributed by atoms with Gasteiger partial charge in [0.05, 0.1) is 32.1 Å². The molecule has 0 aliphatic carbocycles. The molecule has 0 unspecified atom stereocenters. The largest absolute Gasteiger partial charge is 0.497 e. The number of anilines is 1. The summed E-state index contributed by atoms with van der Waals surface area (Å²) in [4.78, 5) is 25.3. The number of hydrogen-bond acceptors (Lipinski definition) is 7. The molecule has 1 amide bonds. The van der Waals surface area contributed by atoms with Crippen LogP contribution in [0.25, 0.3) is 27.8 Å². The first-order chi connectivity index (χ1) is 19.6. The number of amides is 1. The molecule has 0 atom stereocenters. The van der Waals surface area contributed by atoms with Crippen molar-refractivity contribution in [2.24, 2.45) is 0 Å². The highest BCUT2D eigenvalue weighted by Crippen LogP contribution is 2.37. The predicted molar refractivity (Wildman–Crippen MR) is 148 cm³/mol. The summed E-state index contributed by atoms with van der Waals surface area (Å²) in [5, 5.41) is 19.9. The number of aliphatic hydroxyl groups excluding tert-OH is 1. The quantitative estimate of drug-likeness (QED) is 0.234. The van der Waals surface area contributed by atoms with E-state index < -0.39 is 23.0 Å². The smallest absolute Gasteiger partial charge is 0.418 e. The van der Waals surface area contributed by atoms with Gasteiger partial charge in [-0.1, -0.05) is 0 Å². The van der Waals surface area contributed by atoms with Crippen molar-refractivity contribution in [2.75, 3.05) is 39.7 Å². The predicted octanol–water partition coefficient (Wildman–Crippen LogP) is 3.82. The maximum Gasteiger partial charge on any atom is 0.418 e. The van der Waals surface area contributed by atoms with Crippen LogP contribution in [0.15, 0.2) is 53.5 Å². The van der Waals surface area contributed by atoms with Crippen molar-refractivity contribution in [3.63, 3.8) is 0 Å². The highest BCUT2D eigenvalue weighted by Gasteiger charge is 2.35. The van der Waals surface area contributed by atoms with E-state index in [9.17, 15) is 27.9 Å². The van der Waals surface area contributed by atoms with Crippen LogP contribution in [0.2, 0.25) is 0 Å². The highest BCUT2D eigenvalue weighted by molar-refractivity contribution is 5.93. The highest BCUT2D eigenvalue weighted by atomic mass is 19.4. The molecule has 10 nitrogen and oxygen atoms in total. The molecule has 13 heteroatoms. The molecular formula is C28H30F3N5O5. The van der Waals surface area contributed by atoms with Crippen LogP contribution in [0.5, 0.6) is 11.5 Å². The number of ether oxygens (including phenoxy) is 2. The van der Waals surface area contributed by atoms with Crippen LogP contribution >= 0.6 is 0 Å². The maximum absolute atomic E-state index is 14.2. The standard InChI is InChI=1S/C28H30F3N5O5/c1-32-24(38)5-4-9-33-18-6-7-22(28(29,30)31)23(15-18)36-27(39)26-21(8-10-35(26)11-12-37)25(34-36)17-13-19(40-2)16-20(14-17)41-3/h6-8,10,13-16,33,37H,4-5,9,11-12H2,1-3H3,(H,32,38). The average Bonchev–Trinajstić information content (AvgIpc) is 3.38. The fraction of sp³-hybridized carbons (Fsp3) is 0.321. The van der Waals surface area contributed by atoms with Gasteiger partial charge in [0.25, 0.3) is 5.56 Å². The topological polar surface area (TPSA) is 120 Å². The van der Waals surface area contributed by atoms with E-state index in [1.54, 1.807) is 30.5 Å². The Bertz CT molecular complexity index is 1590. The second kappa shape index (κ2) is 12.3. The molecule has 0 radical (unpaired) electrons. The SMILES string of the molecule is CNC(=O)CCCNc1ccc(C(F)(F)F)c(-n2nc(-c3cc(OC)cc(OC)c3)c3ccn(CCO)c3c2=O)c1. The lowest BCUT2D eigenvalue weighted by Gasteiger charge is -2.18. The number of nitrogens with zero attached hydrogens (tertiary/aromatic N) is 3. The van der Waals surface area contributed by atoms with E-state index in [2.05, 4.69) is 15.7 Å². The summed E-state index contributed by atoms with van der Waals surface area (Å²) in [6.07, 6.45) is -2.54. The molecule has 2 aromatic carbocycles. The minimum atomic E-state index is -4.80. The van der Waals surface area contributed by atoms with E-state index in [1.807, 2.05) is 0 Å². The Labute approximate surface area is 233 Å². The van der Waals surface area contributed by atoms with Crippen molar-refractivity contribution in [3.05, 3.63) is 64.6 Å². The Morgan fingerprint density at radius 2 is 1.78 bits per heavy atom. The number of fused-ring (bicyclic) bond motifs is 1. The van der Waals surface area contributed by atoms with Crippen molar-refractivity contribution in [1.29, 1.82) is 0 Å². The van der Waals surface area contributed by atoms with Crippen LogP contribution in [0.1, 0.15) is 18.4 Å². The zero-order chi connectivity index (χ0) is 29.7. The van der Waals surface area contributed by atoms with E-state index >= 15 is 0 Å². The molecule has 41 heavy (non-hydrogen) atoms. The van der Waals surface area contributed by atoms with Crippen molar-refractivity contribution in [3.8, 4) is 28.4 Å². The third kappa shape index (κ3) is 6.30. The van der Waals surface area contributed by atoms with Crippen molar-refractivity contribution < 1.29 is 32.5 Å². The van der Waals surface area contributed by atoms with Crippen LogP contribution in [-0.2, 0) is 17.5 Å². The molecule has 0 spiro atoms. The van der Waals surface area contributed by atoms with E-state index in [-0.39, 0.29) is 36.7 Å². The fourth-order valence-corrected chi connectivity index (χ4v) is 4.48. The first kappa shape index (κ1) is 29.5. The molecule has 3 N–H and O–H groups in total. The summed E-state index contributed by atoms with van der Waals surface area (Å²) < 4.78 is 55.6. The Morgan fingerprint density at radius 3 is 2.39 bits per heavy atom. The van der Waals surface area contributed by atoms with Crippen LogP contribution in [0.3, 0.4) is 0 Å². The van der Waals surface area contributed by atoms with Gasteiger partial charge in [0.2, 0.25) is 5.91 Å². The molecule has 0 saturated heterocycles. The van der Waals surface area contributed by atoms with Gasteiger partial charge in [0.1, 0.15) is 22.7 Å². The second-order valence-electron chi connectivity index (χ2n) is 9.10. The lowest BCUT2D eigenvalue weighted by molar-refractivity contribution is -0.137. The number of nitrogens with one attached hydrogen (secondary N) is 2. The third-order valence-electron chi connectivity index (χ3n) is 6.50. The monoisotopic (exact) mass is 573 g/mol. The molecule has 0 aliphatic heterocycles. The van der Waals surface area contributed by atoms with Gasteiger partial charge in [-0.2, -0.15) is 23.0 Å². The van der Waals surface area contributed by atoms with Crippen molar-refractivity contribution in [1.82, 2.24) is 19.7 Å². The number of carbonyl (C=O) groups excluding carboxylic acids is 1. The fourth-order valence-electron chi connectivity index (χ4n) is 4.48. The number of methoxy groups -OCH3 is 2. The molecular weight excluding hydrogens is 543 g/mol. The van der Waals surface area contributed by atoms with E-state index in [4.69, 9.17) is 9.47 Å². The van der Waals surface area contributed by atoms with Gasteiger partial charge in [-0.05, 0) is 42.8 Å². The Hall–Kier alpha value is -4.52. The molecule has 0 saturated carbocycles. The number of halogens is 3. The summed E-state index contributed by atoms with van der Waals surface area (Å²) in [5.74, 6) is 0.679. The molecule has 2 aromatic heterocycles. The summed E-state index contributed by atoms with van der Waals surface area (Å²) >= 11 is 0. The summed E-state index contributed by atoms with van der Waals surface area (Å²) in [7, 11) is 4.44. The Balaban J connectivity index is 1.95. The number of aromatic nitrogens is 3. The van der Waals surface area contributed by atoms with Gasteiger partial charge in [-0.25, -0.2) is 0 Å². The zero-order valence-corrected chi connectivity index (χ0v) is 22.7. The normalized spacial score (nSPS) is 11.5. The molecule has 2 heterocycles. The Morgan fingerprint density at radius 1 is 1.07 bits per heavy atom. The van der Waals surface area contributed by atoms with Crippen molar-refractivity contribution >= 4 is 22.5 Å². The first-order valence-electron chi connectivity index (χ1n) is 12.7. The molecule has 0 fully saturated rings. The minimum Gasteiger partial charge on any atom is -0.497 e. The van der Waals surface area contributed by atoms with Crippen molar-refractivity contribution in [2.45, 2.75) is 25.6 Å². The van der Waals surface area contributed by atoms with Gasteiger partial charge >= 0.3 is 6.18 Å². The number of aliphatic hydroxyl groups is 1. The van der Waals surface area contributed by atoms with Crippen LogP contribution in [-0.4, -0.2) is 59.8 Å². The van der Waals surface area contributed by atoms with Gasteiger partial charge in [0.15, 0.2) is 0 Å².